The molecule has 2 atom stereocenters. The molecule has 1 rings (SSSR count). The number of rotatable bonds is 5. The molecular weight excluding hydrogens is 255 g/mol. The van der Waals surface area contributed by atoms with Gasteiger partial charge in [-0.15, -0.1) is 13.2 Å². The summed E-state index contributed by atoms with van der Waals surface area (Å²) in [5.74, 6) is -0.0937. The maximum Gasteiger partial charge on any atom is 0.573 e. The largest absolute Gasteiger partial charge is 0.573 e. The van der Waals surface area contributed by atoms with E-state index in [9.17, 15) is 13.2 Å². The van der Waals surface area contributed by atoms with Gasteiger partial charge in [-0.1, -0.05) is 32.4 Å². The quantitative estimate of drug-likeness (QED) is 0.782. The monoisotopic (exact) mass is 271 g/mol. The average molecular weight is 271 g/mol. The van der Waals surface area contributed by atoms with Crippen LogP contribution in [0.5, 0.6) is 5.75 Å². The number of ether oxygens (including phenoxy) is 1. The van der Waals surface area contributed by atoms with Gasteiger partial charge in [-0.25, -0.2) is 0 Å². The first-order chi connectivity index (χ1) is 8.87. The zero-order chi connectivity index (χ0) is 14.5. The topological polar surface area (TPSA) is 33.0 Å². The molecule has 5 heteroatoms. The maximum absolute atomic E-state index is 12.2. The number of hydrogen-bond donors (Lipinski definition) is 0. The van der Waals surface area contributed by atoms with E-state index >= 15 is 0 Å². The lowest BCUT2D eigenvalue weighted by atomic mass is 9.83. The van der Waals surface area contributed by atoms with E-state index in [2.05, 4.69) is 10.8 Å². The summed E-state index contributed by atoms with van der Waals surface area (Å²) in [6, 6.07) is 7.96. The SMILES string of the molecule is CCC(C)C(CC#N)c1cccc(OC(F)(F)F)c1. The summed E-state index contributed by atoms with van der Waals surface area (Å²) in [6.45, 7) is 3.98. The van der Waals surface area contributed by atoms with Crippen LogP contribution in [0.1, 0.15) is 38.2 Å². The van der Waals surface area contributed by atoms with E-state index in [0.29, 0.717) is 5.56 Å². The summed E-state index contributed by atoms with van der Waals surface area (Å²) in [6.07, 6.45) is -3.55. The highest BCUT2D eigenvalue weighted by atomic mass is 19.4. The summed E-state index contributed by atoms with van der Waals surface area (Å²) in [4.78, 5) is 0. The summed E-state index contributed by atoms with van der Waals surface area (Å²) < 4.78 is 40.4. The highest BCUT2D eigenvalue weighted by molar-refractivity contribution is 5.31. The molecule has 0 aromatic heterocycles. The van der Waals surface area contributed by atoms with Crippen LogP contribution in [0.2, 0.25) is 0 Å². The standard InChI is InChI=1S/C14H16F3NO/c1-3-10(2)13(7-8-18)11-5-4-6-12(9-11)19-14(15,16)17/h4-6,9-10,13H,3,7H2,1-2H3. The van der Waals surface area contributed by atoms with Crippen LogP contribution in [-0.2, 0) is 0 Å². The Kier molecular flexibility index (Phi) is 5.22. The molecule has 0 radical (unpaired) electrons. The highest BCUT2D eigenvalue weighted by Gasteiger charge is 2.31. The van der Waals surface area contributed by atoms with E-state index in [0.717, 1.165) is 6.42 Å². The van der Waals surface area contributed by atoms with Crippen LogP contribution in [0.4, 0.5) is 13.2 Å². The van der Waals surface area contributed by atoms with Crippen LogP contribution in [0.3, 0.4) is 0 Å². The Labute approximate surface area is 110 Å². The van der Waals surface area contributed by atoms with Gasteiger partial charge in [-0.2, -0.15) is 5.26 Å². The third kappa shape index (κ3) is 4.82. The molecule has 0 bridgehead atoms. The van der Waals surface area contributed by atoms with Gasteiger partial charge in [0.05, 0.1) is 6.07 Å². The van der Waals surface area contributed by atoms with Crippen molar-refractivity contribution in [1.29, 1.82) is 5.26 Å². The molecule has 2 nitrogen and oxygen atoms in total. The van der Waals surface area contributed by atoms with Crippen molar-refractivity contribution < 1.29 is 17.9 Å². The number of benzene rings is 1. The number of nitriles is 1. The van der Waals surface area contributed by atoms with Gasteiger partial charge in [0.25, 0.3) is 0 Å². The summed E-state index contributed by atoms with van der Waals surface area (Å²) >= 11 is 0. The van der Waals surface area contributed by atoms with Crippen molar-refractivity contribution >= 4 is 0 Å². The minimum atomic E-state index is -4.69. The molecule has 0 spiro atoms. The van der Waals surface area contributed by atoms with Crippen LogP contribution in [0.15, 0.2) is 24.3 Å². The molecule has 0 N–H and O–H groups in total. The van der Waals surface area contributed by atoms with Crippen molar-refractivity contribution in [1.82, 2.24) is 0 Å². The Bertz CT molecular complexity index is 451. The number of hydrogen-bond acceptors (Lipinski definition) is 2. The molecule has 0 fully saturated rings. The molecule has 1 aromatic rings. The fourth-order valence-electron chi connectivity index (χ4n) is 1.97. The van der Waals surface area contributed by atoms with E-state index in [4.69, 9.17) is 5.26 Å². The Morgan fingerprint density at radius 1 is 1.37 bits per heavy atom. The van der Waals surface area contributed by atoms with Gasteiger partial charge >= 0.3 is 6.36 Å². The van der Waals surface area contributed by atoms with Gasteiger partial charge in [0, 0.05) is 6.42 Å². The van der Waals surface area contributed by atoms with Gasteiger partial charge in [-0.05, 0) is 29.5 Å². The number of halogens is 3. The van der Waals surface area contributed by atoms with Crippen molar-refractivity contribution in [2.45, 2.75) is 39.0 Å². The summed E-state index contributed by atoms with van der Waals surface area (Å²) in [7, 11) is 0. The fraction of sp³-hybridized carbons (Fsp3) is 0.500. The van der Waals surface area contributed by atoms with Gasteiger partial charge in [-0.3, -0.25) is 0 Å². The highest BCUT2D eigenvalue weighted by Crippen LogP contribution is 2.33. The van der Waals surface area contributed by atoms with Gasteiger partial charge in [0.15, 0.2) is 0 Å². The molecular formula is C14H16F3NO. The molecule has 0 saturated carbocycles. The Morgan fingerprint density at radius 3 is 2.58 bits per heavy atom. The number of alkyl halides is 3. The molecule has 0 amide bonds. The van der Waals surface area contributed by atoms with Gasteiger partial charge < -0.3 is 4.74 Å². The summed E-state index contributed by atoms with van der Waals surface area (Å²) in [5.41, 5.74) is 0.706. The van der Waals surface area contributed by atoms with Crippen LogP contribution < -0.4 is 4.74 Å². The Balaban J connectivity index is 2.98. The molecule has 0 saturated heterocycles. The first-order valence-corrected chi connectivity index (χ1v) is 6.10. The van der Waals surface area contributed by atoms with Crippen molar-refractivity contribution in [3.05, 3.63) is 29.8 Å². The maximum atomic E-state index is 12.2. The fourth-order valence-corrected chi connectivity index (χ4v) is 1.97. The molecule has 1 aromatic carbocycles. The van der Waals surface area contributed by atoms with Crippen molar-refractivity contribution in [3.63, 3.8) is 0 Å². The first kappa shape index (κ1) is 15.4. The molecule has 104 valence electrons. The predicted molar refractivity (Wildman–Crippen MR) is 65.6 cm³/mol. The van der Waals surface area contributed by atoms with Crippen LogP contribution in [-0.4, -0.2) is 6.36 Å². The molecule has 0 aliphatic heterocycles. The van der Waals surface area contributed by atoms with E-state index in [1.807, 2.05) is 13.8 Å². The molecule has 0 aliphatic carbocycles. The average Bonchev–Trinajstić information content (AvgIpc) is 2.33. The zero-order valence-electron chi connectivity index (χ0n) is 10.9. The molecule has 19 heavy (non-hydrogen) atoms. The Hall–Kier alpha value is -1.70. The minimum Gasteiger partial charge on any atom is -0.406 e. The molecule has 0 heterocycles. The second kappa shape index (κ2) is 6.46. The zero-order valence-corrected chi connectivity index (χ0v) is 10.9. The van der Waals surface area contributed by atoms with Crippen LogP contribution >= 0.6 is 0 Å². The normalized spacial score (nSPS) is 14.5. The lowest BCUT2D eigenvalue weighted by Gasteiger charge is -2.21. The third-order valence-electron chi connectivity index (χ3n) is 3.16. The predicted octanol–water partition coefficient (Wildman–Crippen LogP) is 4.63. The minimum absolute atomic E-state index is 0.0771. The van der Waals surface area contributed by atoms with Crippen molar-refractivity contribution in [3.8, 4) is 11.8 Å². The van der Waals surface area contributed by atoms with Crippen LogP contribution in [0, 0.1) is 17.2 Å². The lowest BCUT2D eigenvalue weighted by Crippen LogP contribution is -2.17. The smallest absolute Gasteiger partial charge is 0.406 e. The van der Waals surface area contributed by atoms with Crippen molar-refractivity contribution in [2.24, 2.45) is 5.92 Å². The Morgan fingerprint density at radius 2 is 2.05 bits per heavy atom. The molecule has 2 unspecified atom stereocenters. The first-order valence-electron chi connectivity index (χ1n) is 6.10. The van der Waals surface area contributed by atoms with E-state index in [-0.39, 0.29) is 24.0 Å². The van der Waals surface area contributed by atoms with Crippen LogP contribution in [0.25, 0.3) is 0 Å². The summed E-state index contributed by atoms with van der Waals surface area (Å²) in [5, 5.41) is 8.84. The van der Waals surface area contributed by atoms with Crippen molar-refractivity contribution in [2.75, 3.05) is 0 Å². The molecule has 0 aliphatic rings. The number of nitrogens with zero attached hydrogens (tertiary/aromatic N) is 1. The van der Waals surface area contributed by atoms with E-state index in [1.165, 1.54) is 18.2 Å². The van der Waals surface area contributed by atoms with E-state index < -0.39 is 6.36 Å². The second-order valence-electron chi connectivity index (χ2n) is 4.47. The second-order valence-corrected chi connectivity index (χ2v) is 4.47. The van der Waals surface area contributed by atoms with Gasteiger partial charge in [0.1, 0.15) is 5.75 Å². The lowest BCUT2D eigenvalue weighted by molar-refractivity contribution is -0.274. The van der Waals surface area contributed by atoms with Gasteiger partial charge in [0.2, 0.25) is 0 Å². The van der Waals surface area contributed by atoms with E-state index in [1.54, 1.807) is 6.07 Å². The third-order valence-corrected chi connectivity index (χ3v) is 3.16.